The van der Waals surface area contributed by atoms with E-state index in [0.717, 1.165) is 12.8 Å². The van der Waals surface area contributed by atoms with Gasteiger partial charge in [-0.2, -0.15) is 4.31 Å². The molecule has 2 rings (SSSR count). The molecule has 0 radical (unpaired) electrons. The van der Waals surface area contributed by atoms with Gasteiger partial charge in [0.25, 0.3) is 0 Å². The van der Waals surface area contributed by atoms with Crippen LogP contribution in [-0.2, 0) is 16.6 Å². The number of hydrogen-bond acceptors (Lipinski definition) is 3. The minimum Gasteiger partial charge on any atom is -0.392 e. The maximum absolute atomic E-state index is 12.7. The first-order valence-corrected chi connectivity index (χ1v) is 8.70. The van der Waals surface area contributed by atoms with E-state index in [1.54, 1.807) is 6.07 Å². The number of sulfonamides is 1. The highest BCUT2D eigenvalue weighted by atomic mass is 35.5. The maximum Gasteiger partial charge on any atom is 0.244 e. The van der Waals surface area contributed by atoms with E-state index >= 15 is 0 Å². The molecule has 20 heavy (non-hydrogen) atoms. The Kier molecular flexibility index (Phi) is 5.07. The summed E-state index contributed by atoms with van der Waals surface area (Å²) in [6.45, 7) is 2.62. The summed E-state index contributed by atoms with van der Waals surface area (Å²) in [5.74, 6) is 0.463. The fourth-order valence-corrected chi connectivity index (χ4v) is 4.39. The molecule has 1 saturated carbocycles. The zero-order valence-electron chi connectivity index (χ0n) is 11.5. The summed E-state index contributed by atoms with van der Waals surface area (Å²) in [6, 6.07) is 4.61. The van der Waals surface area contributed by atoms with Crippen LogP contribution < -0.4 is 0 Å². The highest BCUT2D eigenvalue weighted by molar-refractivity contribution is 7.89. The van der Waals surface area contributed by atoms with E-state index in [1.807, 2.05) is 6.92 Å². The van der Waals surface area contributed by atoms with Crippen LogP contribution in [-0.4, -0.2) is 30.9 Å². The molecule has 0 bridgehead atoms. The molecule has 112 valence electrons. The van der Waals surface area contributed by atoms with Crippen LogP contribution in [0, 0.1) is 5.92 Å². The molecular formula is C14H20ClNO3S. The Balaban J connectivity index is 2.31. The lowest BCUT2D eigenvalue weighted by Gasteiger charge is -2.31. The largest absolute Gasteiger partial charge is 0.392 e. The quantitative estimate of drug-likeness (QED) is 0.877. The molecule has 0 unspecified atom stereocenters. The third kappa shape index (κ3) is 3.17. The van der Waals surface area contributed by atoms with E-state index in [9.17, 15) is 8.42 Å². The van der Waals surface area contributed by atoms with E-state index in [2.05, 4.69) is 0 Å². The van der Waals surface area contributed by atoms with Gasteiger partial charge in [-0.05, 0) is 36.5 Å². The number of benzene rings is 1. The number of rotatable bonds is 6. The minimum absolute atomic E-state index is 0.0897. The standard InChI is InChI=1S/C14H20ClNO3S/c1-2-16(9-11-4-3-5-11)20(18,19)14-8-12(10-17)6-7-13(14)15/h6-8,11,17H,2-5,9-10H2,1H3. The molecule has 1 aromatic rings. The van der Waals surface area contributed by atoms with Crippen molar-refractivity contribution in [3.8, 4) is 0 Å². The van der Waals surface area contributed by atoms with Crippen molar-refractivity contribution in [2.45, 2.75) is 37.7 Å². The van der Waals surface area contributed by atoms with Gasteiger partial charge in [0, 0.05) is 13.1 Å². The normalized spacial score (nSPS) is 16.4. The molecule has 0 heterocycles. The zero-order chi connectivity index (χ0) is 14.8. The van der Waals surface area contributed by atoms with E-state index in [4.69, 9.17) is 16.7 Å². The summed E-state index contributed by atoms with van der Waals surface area (Å²) < 4.78 is 26.9. The van der Waals surface area contributed by atoms with Gasteiger partial charge in [-0.3, -0.25) is 0 Å². The molecule has 1 aliphatic carbocycles. The van der Waals surface area contributed by atoms with Crippen LogP contribution in [0.15, 0.2) is 23.1 Å². The topological polar surface area (TPSA) is 57.6 Å². The first kappa shape index (κ1) is 15.8. The average molecular weight is 318 g/mol. The van der Waals surface area contributed by atoms with Gasteiger partial charge in [-0.15, -0.1) is 0 Å². The Hall–Kier alpha value is -0.620. The van der Waals surface area contributed by atoms with Gasteiger partial charge < -0.3 is 5.11 Å². The van der Waals surface area contributed by atoms with Crippen molar-refractivity contribution in [1.82, 2.24) is 4.31 Å². The first-order chi connectivity index (χ1) is 9.48. The number of aliphatic hydroxyl groups excluding tert-OH is 1. The lowest BCUT2D eigenvalue weighted by molar-refractivity contribution is 0.250. The van der Waals surface area contributed by atoms with E-state index in [1.165, 1.54) is 22.9 Å². The molecule has 1 N–H and O–H groups in total. The molecule has 4 nitrogen and oxygen atoms in total. The summed E-state index contributed by atoms with van der Waals surface area (Å²) >= 11 is 6.04. The molecule has 0 aliphatic heterocycles. The first-order valence-electron chi connectivity index (χ1n) is 6.88. The average Bonchev–Trinajstić information content (AvgIpc) is 2.37. The Labute approximate surface area is 125 Å². The van der Waals surface area contributed by atoms with Crippen molar-refractivity contribution in [3.05, 3.63) is 28.8 Å². The number of aliphatic hydroxyl groups is 1. The second kappa shape index (κ2) is 6.43. The molecule has 0 aromatic heterocycles. The zero-order valence-corrected chi connectivity index (χ0v) is 13.1. The summed E-state index contributed by atoms with van der Waals surface area (Å²) in [6.07, 6.45) is 3.37. The Morgan fingerprint density at radius 3 is 2.60 bits per heavy atom. The summed E-state index contributed by atoms with van der Waals surface area (Å²) in [5.41, 5.74) is 0.549. The molecule has 0 spiro atoms. The molecule has 1 aliphatic rings. The third-order valence-electron chi connectivity index (χ3n) is 3.84. The van der Waals surface area contributed by atoms with Crippen molar-refractivity contribution in [3.63, 3.8) is 0 Å². The molecule has 0 saturated heterocycles. The molecule has 1 fully saturated rings. The monoisotopic (exact) mass is 317 g/mol. The second-order valence-electron chi connectivity index (χ2n) is 5.18. The lowest BCUT2D eigenvalue weighted by Crippen LogP contribution is -2.37. The fraction of sp³-hybridized carbons (Fsp3) is 0.571. The highest BCUT2D eigenvalue weighted by Crippen LogP contribution is 2.31. The van der Waals surface area contributed by atoms with Crippen molar-refractivity contribution in [1.29, 1.82) is 0 Å². The van der Waals surface area contributed by atoms with Crippen LogP contribution in [0.5, 0.6) is 0 Å². The van der Waals surface area contributed by atoms with Gasteiger partial charge >= 0.3 is 0 Å². The second-order valence-corrected chi connectivity index (χ2v) is 7.49. The minimum atomic E-state index is -3.60. The highest BCUT2D eigenvalue weighted by Gasteiger charge is 2.30. The molecule has 1 aromatic carbocycles. The smallest absolute Gasteiger partial charge is 0.244 e. The van der Waals surface area contributed by atoms with Crippen LogP contribution in [0.3, 0.4) is 0 Å². The molecule has 0 atom stereocenters. The molecule has 6 heteroatoms. The van der Waals surface area contributed by atoms with Gasteiger partial charge in [0.15, 0.2) is 0 Å². The summed E-state index contributed by atoms with van der Waals surface area (Å²) in [7, 11) is -3.60. The predicted octanol–water partition coefficient (Wildman–Crippen LogP) is 2.64. The number of hydrogen-bond donors (Lipinski definition) is 1. The van der Waals surface area contributed by atoms with E-state index in [0.29, 0.717) is 24.6 Å². The van der Waals surface area contributed by atoms with Crippen molar-refractivity contribution in [2.75, 3.05) is 13.1 Å². The Morgan fingerprint density at radius 1 is 1.40 bits per heavy atom. The Morgan fingerprint density at radius 2 is 2.10 bits per heavy atom. The number of halogens is 1. The molecule has 0 amide bonds. The van der Waals surface area contributed by atoms with Gasteiger partial charge in [-0.1, -0.05) is 31.0 Å². The number of nitrogens with zero attached hydrogens (tertiary/aromatic N) is 1. The van der Waals surface area contributed by atoms with Crippen LogP contribution in [0.4, 0.5) is 0 Å². The van der Waals surface area contributed by atoms with Gasteiger partial charge in [0.05, 0.1) is 11.6 Å². The SMILES string of the molecule is CCN(CC1CCC1)S(=O)(=O)c1cc(CO)ccc1Cl. The Bertz CT molecular complexity index is 570. The van der Waals surface area contributed by atoms with Gasteiger partial charge in [-0.25, -0.2) is 8.42 Å². The van der Waals surface area contributed by atoms with Crippen LogP contribution in [0.2, 0.25) is 5.02 Å². The van der Waals surface area contributed by atoms with E-state index in [-0.39, 0.29) is 16.5 Å². The van der Waals surface area contributed by atoms with Crippen molar-refractivity contribution < 1.29 is 13.5 Å². The van der Waals surface area contributed by atoms with Crippen LogP contribution in [0.25, 0.3) is 0 Å². The summed E-state index contributed by atoms with van der Waals surface area (Å²) in [5, 5.41) is 9.36. The van der Waals surface area contributed by atoms with Crippen molar-refractivity contribution >= 4 is 21.6 Å². The lowest BCUT2D eigenvalue weighted by atomic mass is 9.85. The predicted molar refractivity (Wildman–Crippen MR) is 79.1 cm³/mol. The molecular weight excluding hydrogens is 298 g/mol. The van der Waals surface area contributed by atoms with Gasteiger partial charge in [0.1, 0.15) is 4.90 Å². The third-order valence-corrected chi connectivity index (χ3v) is 6.26. The van der Waals surface area contributed by atoms with Crippen molar-refractivity contribution in [2.24, 2.45) is 5.92 Å². The summed E-state index contributed by atoms with van der Waals surface area (Å²) in [4.78, 5) is 0.0897. The maximum atomic E-state index is 12.7. The van der Waals surface area contributed by atoms with Crippen LogP contribution >= 0.6 is 11.6 Å². The fourth-order valence-electron chi connectivity index (χ4n) is 2.34. The van der Waals surface area contributed by atoms with Crippen LogP contribution in [0.1, 0.15) is 31.7 Å². The van der Waals surface area contributed by atoms with E-state index < -0.39 is 10.0 Å². The van der Waals surface area contributed by atoms with Gasteiger partial charge in [0.2, 0.25) is 10.0 Å².